The monoisotopic (exact) mass is 282 g/mol. The fourth-order valence-corrected chi connectivity index (χ4v) is 1.73. The average Bonchev–Trinajstić information content (AvgIpc) is 2.37. The smallest absolute Gasteiger partial charge is 0.313 e. The third-order valence-corrected chi connectivity index (χ3v) is 2.66. The van der Waals surface area contributed by atoms with Gasteiger partial charge >= 0.3 is 11.8 Å². The lowest BCUT2D eigenvalue weighted by molar-refractivity contribution is -0.136. The number of carbonyl (C=O) groups is 2. The number of benzene rings is 1. The number of anilines is 1. The molecule has 6 heteroatoms. The summed E-state index contributed by atoms with van der Waals surface area (Å²) in [6.07, 6.45) is 0.0924. The van der Waals surface area contributed by atoms with Crippen LogP contribution < -0.4 is 10.6 Å². The van der Waals surface area contributed by atoms with Crippen LogP contribution in [0.3, 0.4) is 0 Å². The summed E-state index contributed by atoms with van der Waals surface area (Å²) in [5, 5.41) is 14.0. The highest BCUT2D eigenvalue weighted by Gasteiger charge is 2.15. The maximum Gasteiger partial charge on any atom is 0.313 e. The summed E-state index contributed by atoms with van der Waals surface area (Å²) in [4.78, 5) is 23.1. The molecule has 2 unspecified atom stereocenters. The number of aliphatic hydroxyl groups excluding tert-OH is 1. The van der Waals surface area contributed by atoms with Crippen LogP contribution in [-0.2, 0) is 9.59 Å². The summed E-state index contributed by atoms with van der Waals surface area (Å²) in [5.74, 6) is -1.91. The van der Waals surface area contributed by atoms with E-state index in [0.29, 0.717) is 18.7 Å². The van der Waals surface area contributed by atoms with Crippen LogP contribution in [0.15, 0.2) is 24.3 Å². The van der Waals surface area contributed by atoms with Crippen LogP contribution in [0.5, 0.6) is 0 Å². The Morgan fingerprint density at radius 2 is 1.80 bits per heavy atom. The average molecular weight is 282 g/mol. The van der Waals surface area contributed by atoms with Crippen molar-refractivity contribution in [3.05, 3.63) is 30.1 Å². The zero-order chi connectivity index (χ0) is 15.1. The molecule has 0 saturated heterocycles. The third-order valence-electron chi connectivity index (χ3n) is 2.66. The Balaban J connectivity index is 2.39. The van der Waals surface area contributed by atoms with Crippen LogP contribution in [-0.4, -0.2) is 29.6 Å². The van der Waals surface area contributed by atoms with E-state index in [1.54, 1.807) is 6.92 Å². The van der Waals surface area contributed by atoms with Crippen molar-refractivity contribution >= 4 is 17.5 Å². The number of rotatable bonds is 5. The molecule has 20 heavy (non-hydrogen) atoms. The fourth-order valence-electron chi connectivity index (χ4n) is 1.73. The minimum Gasteiger partial charge on any atom is -0.393 e. The van der Waals surface area contributed by atoms with E-state index < -0.39 is 23.7 Å². The molecule has 1 aromatic rings. The molecular weight excluding hydrogens is 263 g/mol. The minimum atomic E-state index is -0.805. The molecular formula is C14H19FN2O3. The molecule has 2 amide bonds. The van der Waals surface area contributed by atoms with Gasteiger partial charge < -0.3 is 15.7 Å². The van der Waals surface area contributed by atoms with Crippen molar-refractivity contribution in [1.29, 1.82) is 0 Å². The number of hydrogen-bond acceptors (Lipinski definition) is 3. The quantitative estimate of drug-likeness (QED) is 0.712. The second-order valence-electron chi connectivity index (χ2n) is 4.86. The number of aliphatic hydroxyl groups is 1. The van der Waals surface area contributed by atoms with E-state index in [4.69, 9.17) is 0 Å². The predicted molar refractivity (Wildman–Crippen MR) is 73.5 cm³/mol. The van der Waals surface area contributed by atoms with Gasteiger partial charge in [0.1, 0.15) is 5.82 Å². The van der Waals surface area contributed by atoms with Crippen molar-refractivity contribution < 1.29 is 19.1 Å². The molecule has 5 nitrogen and oxygen atoms in total. The molecule has 3 N–H and O–H groups in total. The maximum atomic E-state index is 12.7. The van der Waals surface area contributed by atoms with Gasteiger partial charge in [-0.05, 0) is 43.5 Å². The summed E-state index contributed by atoms with van der Waals surface area (Å²) >= 11 is 0. The number of nitrogens with one attached hydrogen (secondary N) is 2. The Hall–Kier alpha value is -1.95. The van der Waals surface area contributed by atoms with Crippen LogP contribution in [0.1, 0.15) is 20.3 Å². The highest BCUT2D eigenvalue weighted by Crippen LogP contribution is 2.08. The first-order valence-electron chi connectivity index (χ1n) is 6.41. The first-order chi connectivity index (χ1) is 9.38. The van der Waals surface area contributed by atoms with E-state index in [2.05, 4.69) is 10.6 Å². The van der Waals surface area contributed by atoms with Crippen molar-refractivity contribution in [2.75, 3.05) is 11.9 Å². The first-order valence-corrected chi connectivity index (χ1v) is 6.41. The lowest BCUT2D eigenvalue weighted by Gasteiger charge is -2.14. The molecule has 0 aliphatic rings. The summed E-state index contributed by atoms with van der Waals surface area (Å²) in [6, 6.07) is 5.13. The summed E-state index contributed by atoms with van der Waals surface area (Å²) < 4.78 is 12.7. The molecule has 0 spiro atoms. The SMILES string of the molecule is CC(O)CC(C)CNC(=O)C(=O)Nc1ccc(F)cc1. The maximum absolute atomic E-state index is 12.7. The molecule has 1 rings (SSSR count). The van der Waals surface area contributed by atoms with E-state index in [-0.39, 0.29) is 5.92 Å². The minimum absolute atomic E-state index is 0.0672. The van der Waals surface area contributed by atoms with E-state index in [1.165, 1.54) is 24.3 Å². The van der Waals surface area contributed by atoms with Crippen LogP contribution in [0.4, 0.5) is 10.1 Å². The van der Waals surface area contributed by atoms with Gasteiger partial charge in [-0.15, -0.1) is 0 Å². The highest BCUT2D eigenvalue weighted by atomic mass is 19.1. The molecule has 0 aromatic heterocycles. The van der Waals surface area contributed by atoms with Gasteiger partial charge in [-0.1, -0.05) is 6.92 Å². The van der Waals surface area contributed by atoms with Gasteiger partial charge in [-0.3, -0.25) is 9.59 Å². The normalized spacial score (nSPS) is 13.4. The third kappa shape index (κ3) is 5.79. The summed E-state index contributed by atoms with van der Waals surface area (Å²) in [7, 11) is 0. The topological polar surface area (TPSA) is 78.4 Å². The van der Waals surface area contributed by atoms with Crippen molar-refractivity contribution in [2.24, 2.45) is 5.92 Å². The lowest BCUT2D eigenvalue weighted by Crippen LogP contribution is -2.38. The molecule has 0 aliphatic heterocycles. The zero-order valence-electron chi connectivity index (χ0n) is 11.5. The highest BCUT2D eigenvalue weighted by molar-refractivity contribution is 6.39. The van der Waals surface area contributed by atoms with Gasteiger partial charge in [0.25, 0.3) is 0 Å². The molecule has 110 valence electrons. The molecule has 1 aromatic carbocycles. The molecule has 0 bridgehead atoms. The molecule has 0 heterocycles. The van der Waals surface area contributed by atoms with Crippen LogP contribution in [0, 0.1) is 11.7 Å². The summed E-state index contributed by atoms with van der Waals surface area (Å²) in [6.45, 7) is 3.84. The van der Waals surface area contributed by atoms with E-state index >= 15 is 0 Å². The van der Waals surface area contributed by atoms with Crippen molar-refractivity contribution in [2.45, 2.75) is 26.4 Å². The molecule has 0 fully saturated rings. The first kappa shape index (κ1) is 16.1. The Morgan fingerprint density at radius 3 is 2.35 bits per heavy atom. The zero-order valence-corrected chi connectivity index (χ0v) is 11.5. The van der Waals surface area contributed by atoms with Gasteiger partial charge in [0.15, 0.2) is 0 Å². The molecule has 0 radical (unpaired) electrons. The largest absolute Gasteiger partial charge is 0.393 e. The van der Waals surface area contributed by atoms with Gasteiger partial charge in [-0.2, -0.15) is 0 Å². The van der Waals surface area contributed by atoms with E-state index in [0.717, 1.165) is 0 Å². The van der Waals surface area contributed by atoms with Crippen molar-refractivity contribution in [3.8, 4) is 0 Å². The standard InChI is InChI=1S/C14H19FN2O3/c1-9(7-10(2)18)8-16-13(19)14(20)17-12-5-3-11(15)4-6-12/h3-6,9-10,18H,7-8H2,1-2H3,(H,16,19)(H,17,20). The molecule has 0 aliphatic carbocycles. The Bertz CT molecular complexity index is 460. The number of carbonyl (C=O) groups excluding carboxylic acids is 2. The fraction of sp³-hybridized carbons (Fsp3) is 0.429. The summed E-state index contributed by atoms with van der Waals surface area (Å²) in [5.41, 5.74) is 0.351. The van der Waals surface area contributed by atoms with Crippen LogP contribution in [0.25, 0.3) is 0 Å². The van der Waals surface area contributed by atoms with E-state index in [1.807, 2.05) is 6.92 Å². The van der Waals surface area contributed by atoms with Crippen molar-refractivity contribution in [3.63, 3.8) is 0 Å². The molecule has 2 atom stereocenters. The second-order valence-corrected chi connectivity index (χ2v) is 4.86. The predicted octanol–water partition coefficient (Wildman–Crippen LogP) is 1.29. The number of hydrogen-bond donors (Lipinski definition) is 3. The van der Waals surface area contributed by atoms with Gasteiger partial charge in [0.2, 0.25) is 0 Å². The van der Waals surface area contributed by atoms with Crippen LogP contribution >= 0.6 is 0 Å². The molecule has 0 saturated carbocycles. The Kier molecular flexibility index (Phi) is 6.11. The van der Waals surface area contributed by atoms with Crippen LogP contribution in [0.2, 0.25) is 0 Å². The second kappa shape index (κ2) is 7.59. The van der Waals surface area contributed by atoms with Gasteiger partial charge in [0, 0.05) is 12.2 Å². The van der Waals surface area contributed by atoms with Crippen molar-refractivity contribution in [1.82, 2.24) is 5.32 Å². The van der Waals surface area contributed by atoms with E-state index in [9.17, 15) is 19.1 Å². The van der Waals surface area contributed by atoms with Gasteiger partial charge in [-0.25, -0.2) is 4.39 Å². The van der Waals surface area contributed by atoms with Gasteiger partial charge in [0.05, 0.1) is 6.10 Å². The number of halogens is 1. The Morgan fingerprint density at radius 1 is 1.20 bits per heavy atom. The lowest BCUT2D eigenvalue weighted by atomic mass is 10.0. The number of amides is 2. The Labute approximate surface area is 117 Å².